The molecule has 2 heterocycles. The lowest BCUT2D eigenvalue weighted by Gasteiger charge is -2.18. The molecular formula is C34H40N4O8+2. The maximum absolute atomic E-state index is 13.2. The average Bonchev–Trinajstić information content (AvgIpc) is 3.52. The van der Waals surface area contributed by atoms with Gasteiger partial charge in [-0.1, -0.05) is 12.1 Å². The highest BCUT2D eigenvalue weighted by Gasteiger charge is 2.44. The smallest absolute Gasteiger partial charge is 0.292 e. The zero-order chi connectivity index (χ0) is 32.8. The minimum atomic E-state index is -0.524. The van der Waals surface area contributed by atoms with E-state index in [1.165, 1.54) is 9.80 Å². The molecule has 12 heteroatoms. The Hall–Kier alpha value is -4.94. The van der Waals surface area contributed by atoms with Gasteiger partial charge in [-0.3, -0.25) is 19.2 Å². The van der Waals surface area contributed by atoms with Crippen molar-refractivity contribution in [2.75, 3.05) is 51.3 Å². The standard InChI is InChI=1S/C34H38N4O8/c1-43-27-11-5-21(17-29(27)45-3)13-15-35-25-19-31(39)37(33(25)41)23-7-9-24(10-8-23)38-32(40)20-26(34(38)42)36-16-14-22-6-12-28(44-2)30(18-22)46-4/h5-12,17-18,25-26,35-36H,13-16,19-20H2,1-4H3/p+2/t25-,26+. The van der Waals surface area contributed by atoms with E-state index < -0.39 is 12.1 Å². The summed E-state index contributed by atoms with van der Waals surface area (Å²) in [5, 5.41) is 3.77. The van der Waals surface area contributed by atoms with E-state index in [0.717, 1.165) is 11.1 Å². The molecule has 46 heavy (non-hydrogen) atoms. The summed E-state index contributed by atoms with van der Waals surface area (Å²) in [5.74, 6) is 1.41. The number of methoxy groups -OCH3 is 4. The Labute approximate surface area is 267 Å². The van der Waals surface area contributed by atoms with Crippen LogP contribution in [0.5, 0.6) is 23.0 Å². The van der Waals surface area contributed by atoms with Crippen molar-refractivity contribution in [1.82, 2.24) is 0 Å². The van der Waals surface area contributed by atoms with Crippen LogP contribution in [0, 0.1) is 0 Å². The molecule has 4 N–H and O–H groups in total. The molecule has 3 aromatic carbocycles. The van der Waals surface area contributed by atoms with Gasteiger partial charge in [0, 0.05) is 12.8 Å². The number of carbonyl (C=O) groups excluding carboxylic acids is 4. The number of nitrogens with two attached hydrogens (primary N) is 2. The molecule has 5 rings (SSSR count). The fourth-order valence-corrected chi connectivity index (χ4v) is 5.95. The maximum Gasteiger partial charge on any atom is 0.292 e. The van der Waals surface area contributed by atoms with Crippen molar-refractivity contribution >= 4 is 35.0 Å². The van der Waals surface area contributed by atoms with E-state index in [2.05, 4.69) is 0 Å². The Balaban J connectivity index is 1.15. The summed E-state index contributed by atoms with van der Waals surface area (Å²) in [6.45, 7) is 1.22. The van der Waals surface area contributed by atoms with Crippen molar-refractivity contribution in [2.45, 2.75) is 37.8 Å². The van der Waals surface area contributed by atoms with Gasteiger partial charge in [0.1, 0.15) is 0 Å². The largest absolute Gasteiger partial charge is 0.493 e. The lowest BCUT2D eigenvalue weighted by Crippen LogP contribution is -2.92. The maximum atomic E-state index is 13.2. The highest BCUT2D eigenvalue weighted by atomic mass is 16.5. The predicted octanol–water partition coefficient (Wildman–Crippen LogP) is 0.597. The number of quaternary nitrogens is 2. The zero-order valence-corrected chi connectivity index (χ0v) is 26.5. The van der Waals surface area contributed by atoms with Crippen LogP contribution in [0.3, 0.4) is 0 Å². The number of imide groups is 2. The summed E-state index contributed by atoms with van der Waals surface area (Å²) in [7, 11) is 6.33. The van der Waals surface area contributed by atoms with Gasteiger partial charge in [-0.2, -0.15) is 0 Å². The molecule has 2 aliphatic heterocycles. The van der Waals surface area contributed by atoms with Gasteiger partial charge in [-0.25, -0.2) is 9.80 Å². The third kappa shape index (κ3) is 6.82. The Bertz CT molecular complexity index is 1490. The van der Waals surface area contributed by atoms with Crippen LogP contribution in [0.4, 0.5) is 11.4 Å². The molecule has 0 aliphatic carbocycles. The molecule has 12 nitrogen and oxygen atoms in total. The second-order valence-corrected chi connectivity index (χ2v) is 11.2. The molecule has 0 unspecified atom stereocenters. The third-order valence-electron chi connectivity index (χ3n) is 8.39. The minimum absolute atomic E-state index is 0.0937. The van der Waals surface area contributed by atoms with Crippen molar-refractivity contribution in [1.29, 1.82) is 0 Å². The topological polar surface area (TPSA) is 145 Å². The summed E-state index contributed by atoms with van der Waals surface area (Å²) in [4.78, 5) is 54.5. The molecule has 2 aliphatic rings. The van der Waals surface area contributed by atoms with Crippen LogP contribution in [0.1, 0.15) is 24.0 Å². The number of hydrogen-bond acceptors (Lipinski definition) is 8. The molecule has 2 saturated heterocycles. The quantitative estimate of drug-likeness (QED) is 0.246. The van der Waals surface area contributed by atoms with Crippen LogP contribution in [-0.4, -0.2) is 77.2 Å². The van der Waals surface area contributed by atoms with E-state index in [0.29, 0.717) is 60.3 Å². The number of hydrogen-bond donors (Lipinski definition) is 2. The summed E-state index contributed by atoms with van der Waals surface area (Å²) in [5.41, 5.74) is 2.88. The van der Waals surface area contributed by atoms with Gasteiger partial charge >= 0.3 is 0 Å². The zero-order valence-electron chi connectivity index (χ0n) is 26.5. The molecule has 3 aromatic rings. The number of carbonyl (C=O) groups is 4. The number of amides is 4. The van der Waals surface area contributed by atoms with Crippen molar-refractivity contribution in [3.05, 3.63) is 71.8 Å². The van der Waals surface area contributed by atoms with Crippen LogP contribution in [0.15, 0.2) is 60.7 Å². The first-order chi connectivity index (χ1) is 22.3. The van der Waals surface area contributed by atoms with Crippen LogP contribution in [-0.2, 0) is 32.0 Å². The van der Waals surface area contributed by atoms with E-state index in [1.54, 1.807) is 52.7 Å². The fraction of sp³-hybridized carbons (Fsp3) is 0.353. The Kier molecular flexibility index (Phi) is 10.2. The summed E-state index contributed by atoms with van der Waals surface area (Å²) in [6.07, 6.45) is 1.55. The average molecular weight is 633 g/mol. The van der Waals surface area contributed by atoms with Gasteiger partial charge < -0.3 is 29.6 Å². The second-order valence-electron chi connectivity index (χ2n) is 11.2. The Morgan fingerprint density at radius 2 is 0.935 bits per heavy atom. The van der Waals surface area contributed by atoms with Crippen molar-refractivity contribution in [2.24, 2.45) is 0 Å². The highest BCUT2D eigenvalue weighted by Crippen LogP contribution is 2.30. The highest BCUT2D eigenvalue weighted by molar-refractivity contribution is 6.23. The first-order valence-electron chi connectivity index (χ1n) is 15.2. The van der Waals surface area contributed by atoms with Crippen molar-refractivity contribution < 1.29 is 48.8 Å². The summed E-state index contributed by atoms with van der Waals surface area (Å²) < 4.78 is 21.3. The van der Waals surface area contributed by atoms with Gasteiger partial charge in [-0.05, 0) is 59.7 Å². The van der Waals surface area contributed by atoms with Gasteiger partial charge in [0.05, 0.1) is 65.7 Å². The molecule has 0 radical (unpaired) electrons. The third-order valence-corrected chi connectivity index (χ3v) is 8.39. The van der Waals surface area contributed by atoms with Crippen LogP contribution < -0.4 is 39.4 Å². The predicted molar refractivity (Wildman–Crippen MR) is 168 cm³/mol. The lowest BCUT2D eigenvalue weighted by atomic mass is 10.1. The molecule has 242 valence electrons. The fourth-order valence-electron chi connectivity index (χ4n) is 5.95. The first kappa shape index (κ1) is 32.5. The van der Waals surface area contributed by atoms with Crippen LogP contribution in [0.25, 0.3) is 0 Å². The molecular weight excluding hydrogens is 592 g/mol. The monoisotopic (exact) mass is 632 g/mol. The molecule has 2 fully saturated rings. The number of anilines is 2. The molecule has 0 bridgehead atoms. The SMILES string of the molecule is COc1ccc(CC[NH2+][C@H]2CC(=O)N(c3ccc(N4C(=O)C[C@@H]([NH2+]CCc5ccc(OC)c(OC)c5)C4=O)cc3)C2=O)cc1OC. The first-order valence-corrected chi connectivity index (χ1v) is 15.2. The number of ether oxygens (including phenoxy) is 4. The van der Waals surface area contributed by atoms with Gasteiger partial charge in [-0.15, -0.1) is 0 Å². The summed E-state index contributed by atoms with van der Waals surface area (Å²) in [6, 6.07) is 16.7. The Morgan fingerprint density at radius 1 is 0.565 bits per heavy atom. The van der Waals surface area contributed by atoms with Crippen LogP contribution >= 0.6 is 0 Å². The normalized spacial score (nSPS) is 18.0. The van der Waals surface area contributed by atoms with Crippen molar-refractivity contribution in [3.63, 3.8) is 0 Å². The number of benzene rings is 3. The molecule has 0 spiro atoms. The molecule has 2 atom stereocenters. The molecule has 0 saturated carbocycles. The van der Waals surface area contributed by atoms with Gasteiger partial charge in [0.25, 0.3) is 11.8 Å². The summed E-state index contributed by atoms with van der Waals surface area (Å²) >= 11 is 0. The van der Waals surface area contributed by atoms with Gasteiger partial charge in [0.15, 0.2) is 35.1 Å². The Morgan fingerprint density at radius 3 is 1.28 bits per heavy atom. The van der Waals surface area contributed by atoms with E-state index in [-0.39, 0.29) is 36.5 Å². The number of rotatable bonds is 14. The van der Waals surface area contributed by atoms with E-state index in [1.807, 2.05) is 47.0 Å². The lowest BCUT2D eigenvalue weighted by molar-refractivity contribution is -0.674. The molecule has 0 aromatic heterocycles. The molecule has 4 amide bonds. The van der Waals surface area contributed by atoms with E-state index in [9.17, 15) is 19.2 Å². The van der Waals surface area contributed by atoms with Crippen molar-refractivity contribution in [3.8, 4) is 23.0 Å². The van der Waals surface area contributed by atoms with Crippen LogP contribution in [0.2, 0.25) is 0 Å². The van der Waals surface area contributed by atoms with E-state index in [4.69, 9.17) is 18.9 Å². The second kappa shape index (κ2) is 14.4. The minimum Gasteiger partial charge on any atom is -0.493 e. The van der Waals surface area contributed by atoms with E-state index >= 15 is 0 Å². The number of nitrogens with zero attached hydrogens (tertiary/aromatic N) is 2. The van der Waals surface area contributed by atoms with Gasteiger partial charge in [0.2, 0.25) is 11.8 Å².